The molecule has 2 atom stereocenters. The molecule has 0 aromatic heterocycles. The molecule has 6 nitrogen and oxygen atoms in total. The summed E-state index contributed by atoms with van der Waals surface area (Å²) in [6.07, 6.45) is -11.6. The molecule has 0 heterocycles. The molecule has 252 valence electrons. The van der Waals surface area contributed by atoms with Gasteiger partial charge in [0.15, 0.2) is 0 Å². The molecule has 0 fully saturated rings. The van der Waals surface area contributed by atoms with Crippen molar-refractivity contribution < 1.29 is 50.8 Å². The van der Waals surface area contributed by atoms with Crippen molar-refractivity contribution in [2.45, 2.75) is 77.6 Å². The first-order chi connectivity index (χ1) is 21.3. The van der Waals surface area contributed by atoms with E-state index in [9.17, 15) is 36.2 Å². The van der Waals surface area contributed by atoms with Crippen molar-refractivity contribution >= 4 is 17.6 Å². The van der Waals surface area contributed by atoms with Crippen LogP contribution in [0.1, 0.15) is 67.5 Å². The summed E-state index contributed by atoms with van der Waals surface area (Å²) in [7, 11) is 1.46. The zero-order valence-corrected chi connectivity index (χ0v) is 26.6. The fourth-order valence-corrected chi connectivity index (χ4v) is 5.36. The van der Waals surface area contributed by atoms with Crippen molar-refractivity contribution in [3.8, 4) is 22.6 Å². The van der Waals surface area contributed by atoms with Crippen LogP contribution >= 0.6 is 11.6 Å². The number of aliphatic carboxylic acids is 1. The number of aryl methyl sites for hydroxylation is 1. The average Bonchev–Trinajstić information content (AvgIpc) is 2.96. The average molecular weight is 676 g/mol. The molecule has 0 saturated carbocycles. The van der Waals surface area contributed by atoms with Gasteiger partial charge in [0.25, 0.3) is 0 Å². The lowest BCUT2D eigenvalue weighted by Crippen LogP contribution is -2.42. The predicted octanol–water partition coefficient (Wildman–Crippen LogP) is 8.94. The summed E-state index contributed by atoms with van der Waals surface area (Å²) in [5.41, 5.74) is -0.645. The Morgan fingerprint density at radius 2 is 1.52 bits per heavy atom. The van der Waals surface area contributed by atoms with Crippen LogP contribution in [-0.2, 0) is 23.7 Å². The van der Waals surface area contributed by atoms with Crippen LogP contribution in [0.3, 0.4) is 0 Å². The normalized spacial score (nSPS) is 13.6. The number of rotatable bonds is 13. The molecule has 46 heavy (non-hydrogen) atoms. The summed E-state index contributed by atoms with van der Waals surface area (Å²) in [5, 5.41) is 20.4. The molecule has 0 bridgehead atoms. The van der Waals surface area contributed by atoms with Gasteiger partial charge in [0.2, 0.25) is 0 Å². The second kappa shape index (κ2) is 15.0. The lowest BCUT2D eigenvalue weighted by atomic mass is 9.93. The molecular weight excluding hydrogens is 640 g/mol. The Bertz CT molecular complexity index is 1490. The van der Waals surface area contributed by atoms with E-state index in [1.54, 1.807) is 37.8 Å². The number of halogens is 7. The Kier molecular flexibility index (Phi) is 12.0. The zero-order valence-electron chi connectivity index (χ0n) is 25.9. The first-order valence-corrected chi connectivity index (χ1v) is 14.8. The van der Waals surface area contributed by atoms with Crippen LogP contribution in [0.5, 0.6) is 11.5 Å². The molecule has 2 unspecified atom stereocenters. The first kappa shape index (κ1) is 37.0. The van der Waals surface area contributed by atoms with E-state index in [0.717, 1.165) is 11.1 Å². The minimum Gasteiger partial charge on any atom is -0.496 e. The fraction of sp³-hybridized carbons (Fsp3) is 0.424. The minimum atomic E-state index is -5.05. The van der Waals surface area contributed by atoms with E-state index >= 15 is 0 Å². The van der Waals surface area contributed by atoms with Crippen LogP contribution in [0.15, 0.2) is 48.5 Å². The largest absolute Gasteiger partial charge is 0.496 e. The van der Waals surface area contributed by atoms with E-state index in [1.165, 1.54) is 7.11 Å². The topological polar surface area (TPSA) is 79.2 Å². The van der Waals surface area contributed by atoms with Crippen molar-refractivity contribution in [3.05, 3.63) is 81.4 Å². The number of carboxylic acid groups (broad SMARTS) is 1. The smallest absolute Gasteiger partial charge is 0.416 e. The number of aliphatic hydroxyl groups excluding tert-OH is 1. The third kappa shape index (κ3) is 9.29. The Hall–Kier alpha value is -3.48. The van der Waals surface area contributed by atoms with Gasteiger partial charge in [-0.3, -0.25) is 9.69 Å². The minimum absolute atomic E-state index is 0.0315. The molecule has 2 N–H and O–H groups in total. The number of methoxy groups -OCH3 is 1. The summed E-state index contributed by atoms with van der Waals surface area (Å²) in [6, 6.07) is 8.71. The van der Waals surface area contributed by atoms with E-state index in [0.29, 0.717) is 34.8 Å². The third-order valence-corrected chi connectivity index (χ3v) is 7.84. The maximum atomic E-state index is 13.5. The molecule has 3 aromatic carbocycles. The van der Waals surface area contributed by atoms with E-state index in [-0.39, 0.29) is 43.1 Å². The Labute approximate surface area is 268 Å². The van der Waals surface area contributed by atoms with Gasteiger partial charge in [-0.25, -0.2) is 0 Å². The Morgan fingerprint density at radius 3 is 2.04 bits per heavy atom. The second-order valence-electron chi connectivity index (χ2n) is 11.3. The summed E-state index contributed by atoms with van der Waals surface area (Å²) in [6.45, 7) is 7.26. The number of alkyl halides is 6. The van der Waals surface area contributed by atoms with Crippen LogP contribution in [-0.4, -0.2) is 46.9 Å². The van der Waals surface area contributed by atoms with Gasteiger partial charge >= 0.3 is 18.3 Å². The van der Waals surface area contributed by atoms with Gasteiger partial charge in [0, 0.05) is 36.7 Å². The first-order valence-electron chi connectivity index (χ1n) is 14.4. The van der Waals surface area contributed by atoms with Crippen LogP contribution in [0, 0.1) is 6.92 Å². The van der Waals surface area contributed by atoms with E-state index < -0.39 is 47.2 Å². The van der Waals surface area contributed by atoms with Crippen LogP contribution in [0.4, 0.5) is 26.3 Å². The van der Waals surface area contributed by atoms with Crippen LogP contribution < -0.4 is 9.47 Å². The third-order valence-electron chi connectivity index (χ3n) is 7.55. The zero-order chi connectivity index (χ0) is 34.6. The molecular formula is C33H36ClF6NO5. The van der Waals surface area contributed by atoms with Crippen molar-refractivity contribution in [1.82, 2.24) is 4.90 Å². The highest BCUT2D eigenvalue weighted by Gasteiger charge is 2.38. The highest BCUT2D eigenvalue weighted by atomic mass is 35.5. The molecule has 3 rings (SSSR count). The summed E-state index contributed by atoms with van der Waals surface area (Å²) in [5.74, 6) is -0.262. The van der Waals surface area contributed by atoms with E-state index in [2.05, 4.69) is 0 Å². The molecule has 3 aromatic rings. The monoisotopic (exact) mass is 675 g/mol. The highest BCUT2D eigenvalue weighted by Crippen LogP contribution is 2.42. The number of hydrogen-bond acceptors (Lipinski definition) is 5. The van der Waals surface area contributed by atoms with Crippen molar-refractivity contribution in [2.24, 2.45) is 0 Å². The summed E-state index contributed by atoms with van der Waals surface area (Å²) < 4.78 is 92.6. The predicted molar refractivity (Wildman–Crippen MR) is 162 cm³/mol. The van der Waals surface area contributed by atoms with Crippen LogP contribution in [0.25, 0.3) is 11.1 Å². The molecule has 0 radical (unpaired) electrons. The summed E-state index contributed by atoms with van der Waals surface area (Å²) in [4.78, 5) is 12.7. The number of ether oxygens (including phenoxy) is 2. The van der Waals surface area contributed by atoms with E-state index in [1.807, 2.05) is 25.1 Å². The van der Waals surface area contributed by atoms with Crippen molar-refractivity contribution in [1.29, 1.82) is 0 Å². The van der Waals surface area contributed by atoms with Gasteiger partial charge in [-0.15, -0.1) is 0 Å². The number of nitrogens with zero attached hydrogens (tertiary/aromatic N) is 1. The number of aliphatic hydroxyl groups is 1. The van der Waals surface area contributed by atoms with Gasteiger partial charge in [-0.1, -0.05) is 35.4 Å². The summed E-state index contributed by atoms with van der Waals surface area (Å²) >= 11 is 6.41. The molecule has 0 aliphatic carbocycles. The fourth-order valence-electron chi connectivity index (χ4n) is 5.15. The lowest BCUT2D eigenvalue weighted by molar-refractivity contribution is -0.143. The Morgan fingerprint density at radius 1 is 0.913 bits per heavy atom. The van der Waals surface area contributed by atoms with Gasteiger partial charge in [0.05, 0.1) is 36.0 Å². The van der Waals surface area contributed by atoms with Gasteiger partial charge in [-0.05, 0) is 75.1 Å². The number of carbonyl (C=O) groups is 1. The maximum Gasteiger partial charge on any atom is 0.416 e. The standard InChI is InChI=1S/C33H36ClF6NO5/c1-18(2)41(20(4)31(44)21-12-23(32(35,36)37)14-24(13-21)33(38,39)40)17-22-11-19(3)8-9-25(22)26-15-29(27(34)16-28(26)45-5)46-10-6-7-30(42)43/h8-9,11-16,18,20,31,44H,6-7,10,17H2,1-5H3,(H,42,43). The van der Waals surface area contributed by atoms with Gasteiger partial charge in [-0.2, -0.15) is 26.3 Å². The van der Waals surface area contributed by atoms with Crippen molar-refractivity contribution in [3.63, 3.8) is 0 Å². The molecule has 0 spiro atoms. The molecule has 13 heteroatoms. The van der Waals surface area contributed by atoms with Crippen LogP contribution in [0.2, 0.25) is 5.02 Å². The molecule has 0 aliphatic heterocycles. The number of carboxylic acids is 1. The highest BCUT2D eigenvalue weighted by molar-refractivity contribution is 6.32. The Balaban J connectivity index is 2.04. The number of benzene rings is 3. The quantitative estimate of drug-likeness (QED) is 0.139. The maximum absolute atomic E-state index is 13.5. The lowest BCUT2D eigenvalue weighted by Gasteiger charge is -2.36. The molecule has 0 saturated heterocycles. The SMILES string of the molecule is COc1cc(Cl)c(OCCCC(=O)O)cc1-c1ccc(C)cc1CN(C(C)C)C(C)C(O)c1cc(C(F)(F)F)cc(C(F)(F)F)c1. The molecule has 0 aliphatic rings. The van der Waals surface area contributed by atoms with Gasteiger partial charge in [0.1, 0.15) is 11.5 Å². The second-order valence-corrected chi connectivity index (χ2v) is 11.7. The van der Waals surface area contributed by atoms with E-state index in [4.69, 9.17) is 26.2 Å². The number of hydrogen-bond donors (Lipinski definition) is 2. The molecule has 0 amide bonds. The van der Waals surface area contributed by atoms with Gasteiger partial charge < -0.3 is 19.7 Å². The van der Waals surface area contributed by atoms with Crippen molar-refractivity contribution in [2.75, 3.05) is 13.7 Å².